The average Bonchev–Trinajstić information content (AvgIpc) is 2.66. The van der Waals surface area contributed by atoms with E-state index in [2.05, 4.69) is 6.07 Å². The summed E-state index contributed by atoms with van der Waals surface area (Å²) in [4.78, 5) is 26.4. The van der Waals surface area contributed by atoms with E-state index in [-0.39, 0.29) is 5.91 Å². The van der Waals surface area contributed by atoms with Crippen molar-refractivity contribution in [2.45, 2.75) is 25.4 Å². The number of rotatable bonds is 2. The second-order valence-electron chi connectivity index (χ2n) is 6.50. The molecule has 0 bridgehead atoms. The summed E-state index contributed by atoms with van der Waals surface area (Å²) >= 11 is 0. The number of carbonyl (C=O) groups is 2. The zero-order valence-electron chi connectivity index (χ0n) is 13.9. The van der Waals surface area contributed by atoms with Crippen LogP contribution in [0.4, 0.5) is 5.69 Å². The van der Waals surface area contributed by atoms with Crippen LogP contribution >= 0.6 is 0 Å². The Kier molecular flexibility index (Phi) is 4.01. The van der Waals surface area contributed by atoms with E-state index in [1.54, 1.807) is 17.0 Å². The van der Waals surface area contributed by atoms with E-state index in [1.807, 2.05) is 24.3 Å². The van der Waals surface area contributed by atoms with Gasteiger partial charge >= 0.3 is 0 Å². The third kappa shape index (κ3) is 2.81. The normalized spacial score (nSPS) is 19.0. The fourth-order valence-electron chi connectivity index (χ4n) is 3.72. The molecule has 2 amide bonds. The highest BCUT2D eigenvalue weighted by Crippen LogP contribution is 2.34. The second-order valence-corrected chi connectivity index (χ2v) is 6.50. The van der Waals surface area contributed by atoms with Crippen LogP contribution in [0.5, 0.6) is 0 Å². The number of aryl methyl sites for hydroxylation is 1. The third-order valence-corrected chi connectivity index (χ3v) is 4.97. The number of amides is 2. The Hall–Kier alpha value is -2.66. The molecule has 2 aromatic carbocycles. The molecule has 0 saturated heterocycles. The standard InChI is InChI=1S/C20H20N2O3/c21-19(23)15-7-8-17-14(12-15)5-3-10-22(17)20(24)18-16-6-2-1-4-13(16)9-11-25-18/h1-2,4,6-8,12,18H,3,5,9-11H2,(H2,21,23)/t18-/m0/s1. The van der Waals surface area contributed by atoms with Gasteiger partial charge < -0.3 is 15.4 Å². The summed E-state index contributed by atoms with van der Waals surface area (Å²) < 4.78 is 5.83. The number of primary amides is 1. The summed E-state index contributed by atoms with van der Waals surface area (Å²) in [7, 11) is 0. The van der Waals surface area contributed by atoms with Crippen molar-refractivity contribution in [3.63, 3.8) is 0 Å². The van der Waals surface area contributed by atoms with Crippen LogP contribution in [0.1, 0.15) is 39.6 Å². The van der Waals surface area contributed by atoms with Gasteiger partial charge in [0.1, 0.15) is 0 Å². The van der Waals surface area contributed by atoms with Gasteiger partial charge in [-0.05, 0) is 54.2 Å². The average molecular weight is 336 g/mol. The highest BCUT2D eigenvalue weighted by molar-refractivity contribution is 6.00. The number of anilines is 1. The number of hydrogen-bond acceptors (Lipinski definition) is 3. The topological polar surface area (TPSA) is 72.6 Å². The van der Waals surface area contributed by atoms with Crippen LogP contribution < -0.4 is 10.6 Å². The van der Waals surface area contributed by atoms with Gasteiger partial charge in [-0.1, -0.05) is 24.3 Å². The maximum Gasteiger partial charge on any atom is 0.260 e. The van der Waals surface area contributed by atoms with Crippen molar-refractivity contribution in [2.75, 3.05) is 18.1 Å². The van der Waals surface area contributed by atoms with Crippen LogP contribution in [0.3, 0.4) is 0 Å². The van der Waals surface area contributed by atoms with Crippen LogP contribution in [-0.2, 0) is 22.4 Å². The Morgan fingerprint density at radius 1 is 1.08 bits per heavy atom. The second kappa shape index (κ2) is 6.33. The number of nitrogens with zero attached hydrogens (tertiary/aromatic N) is 1. The number of hydrogen-bond donors (Lipinski definition) is 1. The lowest BCUT2D eigenvalue weighted by Crippen LogP contribution is -2.41. The first-order valence-electron chi connectivity index (χ1n) is 8.58. The highest BCUT2D eigenvalue weighted by Gasteiger charge is 2.33. The number of carbonyl (C=O) groups excluding carboxylic acids is 2. The number of nitrogens with two attached hydrogens (primary N) is 1. The molecule has 0 aliphatic carbocycles. The molecule has 0 radical (unpaired) electrons. The minimum absolute atomic E-state index is 0.0417. The smallest absolute Gasteiger partial charge is 0.260 e. The van der Waals surface area contributed by atoms with E-state index in [1.165, 1.54) is 5.56 Å². The van der Waals surface area contributed by atoms with Crippen LogP contribution in [-0.4, -0.2) is 25.0 Å². The van der Waals surface area contributed by atoms with Gasteiger partial charge in [0.25, 0.3) is 5.91 Å². The Balaban J connectivity index is 1.68. The van der Waals surface area contributed by atoms with Crippen LogP contribution in [0.15, 0.2) is 42.5 Å². The maximum absolute atomic E-state index is 13.2. The van der Waals surface area contributed by atoms with Crippen molar-refractivity contribution in [1.82, 2.24) is 0 Å². The molecule has 4 rings (SSSR count). The molecule has 128 valence electrons. The van der Waals surface area contributed by atoms with Gasteiger partial charge in [-0.25, -0.2) is 0 Å². The highest BCUT2D eigenvalue weighted by atomic mass is 16.5. The van der Waals surface area contributed by atoms with E-state index in [4.69, 9.17) is 10.5 Å². The van der Waals surface area contributed by atoms with E-state index in [0.717, 1.165) is 36.1 Å². The lowest BCUT2D eigenvalue weighted by atomic mass is 9.94. The van der Waals surface area contributed by atoms with Crippen molar-refractivity contribution >= 4 is 17.5 Å². The molecule has 0 fully saturated rings. The minimum atomic E-state index is -0.563. The lowest BCUT2D eigenvalue weighted by Gasteiger charge is -2.34. The summed E-state index contributed by atoms with van der Waals surface area (Å²) in [6.45, 7) is 1.21. The summed E-state index contributed by atoms with van der Waals surface area (Å²) in [5.74, 6) is -0.490. The number of benzene rings is 2. The van der Waals surface area contributed by atoms with Crippen molar-refractivity contribution < 1.29 is 14.3 Å². The molecule has 5 heteroatoms. The largest absolute Gasteiger partial charge is 0.366 e. The molecule has 2 aliphatic rings. The van der Waals surface area contributed by atoms with Crippen LogP contribution in [0.2, 0.25) is 0 Å². The first kappa shape index (κ1) is 15.8. The van der Waals surface area contributed by atoms with Gasteiger partial charge in [0.15, 0.2) is 6.10 Å². The minimum Gasteiger partial charge on any atom is -0.366 e. The fourth-order valence-corrected chi connectivity index (χ4v) is 3.72. The Morgan fingerprint density at radius 2 is 1.92 bits per heavy atom. The SMILES string of the molecule is NC(=O)c1ccc2c(c1)CCCN2C(=O)[C@H]1OCCc2ccccc21. The molecular formula is C20H20N2O3. The fraction of sp³-hybridized carbons (Fsp3) is 0.300. The van der Waals surface area contributed by atoms with E-state index < -0.39 is 12.0 Å². The van der Waals surface area contributed by atoms with Crippen LogP contribution in [0, 0.1) is 0 Å². The van der Waals surface area contributed by atoms with E-state index in [9.17, 15) is 9.59 Å². The van der Waals surface area contributed by atoms with E-state index in [0.29, 0.717) is 18.7 Å². The van der Waals surface area contributed by atoms with Gasteiger partial charge in [0.2, 0.25) is 5.91 Å². The molecule has 0 spiro atoms. The first-order valence-corrected chi connectivity index (χ1v) is 8.58. The molecule has 25 heavy (non-hydrogen) atoms. The van der Waals surface area contributed by atoms with Gasteiger partial charge in [-0.2, -0.15) is 0 Å². The lowest BCUT2D eigenvalue weighted by molar-refractivity contribution is -0.131. The molecule has 5 nitrogen and oxygen atoms in total. The summed E-state index contributed by atoms with van der Waals surface area (Å²) in [5.41, 5.74) is 9.82. The Morgan fingerprint density at radius 3 is 2.76 bits per heavy atom. The predicted octanol–water partition coefficient (Wildman–Crippen LogP) is 2.38. The summed E-state index contributed by atoms with van der Waals surface area (Å²) in [6.07, 6.45) is 1.96. The zero-order chi connectivity index (χ0) is 17.4. The summed E-state index contributed by atoms with van der Waals surface area (Å²) in [6, 6.07) is 13.3. The monoisotopic (exact) mass is 336 g/mol. The van der Waals surface area contributed by atoms with E-state index >= 15 is 0 Å². The van der Waals surface area contributed by atoms with Gasteiger partial charge in [0.05, 0.1) is 6.61 Å². The maximum atomic E-state index is 13.2. The first-order chi connectivity index (χ1) is 12.1. The molecule has 0 aromatic heterocycles. The molecule has 2 aromatic rings. The predicted molar refractivity (Wildman–Crippen MR) is 94.5 cm³/mol. The molecule has 2 aliphatic heterocycles. The molecule has 0 saturated carbocycles. The molecule has 0 unspecified atom stereocenters. The molecule has 2 N–H and O–H groups in total. The number of ether oxygens (including phenoxy) is 1. The zero-order valence-corrected chi connectivity index (χ0v) is 13.9. The van der Waals surface area contributed by atoms with Crippen molar-refractivity contribution in [2.24, 2.45) is 5.73 Å². The molecule has 2 heterocycles. The quantitative estimate of drug-likeness (QED) is 0.915. The molecule has 1 atom stereocenters. The van der Waals surface area contributed by atoms with Crippen LogP contribution in [0.25, 0.3) is 0 Å². The Labute approximate surface area is 146 Å². The van der Waals surface area contributed by atoms with Crippen molar-refractivity contribution in [1.29, 1.82) is 0 Å². The van der Waals surface area contributed by atoms with Gasteiger partial charge in [0, 0.05) is 17.8 Å². The van der Waals surface area contributed by atoms with Crippen molar-refractivity contribution in [3.05, 3.63) is 64.7 Å². The Bertz CT molecular complexity index is 847. The van der Waals surface area contributed by atoms with Crippen molar-refractivity contribution in [3.8, 4) is 0 Å². The number of fused-ring (bicyclic) bond motifs is 2. The third-order valence-electron chi connectivity index (χ3n) is 4.97. The van der Waals surface area contributed by atoms with Gasteiger partial charge in [-0.3, -0.25) is 9.59 Å². The van der Waals surface area contributed by atoms with Gasteiger partial charge in [-0.15, -0.1) is 0 Å². The summed E-state index contributed by atoms with van der Waals surface area (Å²) in [5, 5.41) is 0. The molecular weight excluding hydrogens is 316 g/mol.